The summed E-state index contributed by atoms with van der Waals surface area (Å²) >= 11 is 18.2. The van der Waals surface area contributed by atoms with Gasteiger partial charge in [-0.1, -0.05) is 46.9 Å². The van der Waals surface area contributed by atoms with Crippen molar-refractivity contribution in [3.63, 3.8) is 0 Å². The van der Waals surface area contributed by atoms with E-state index in [9.17, 15) is 0 Å². The number of hydrogen-bond donors (Lipinski definition) is 0. The molecular weight excluding hydrogens is 303 g/mol. The Morgan fingerprint density at radius 2 is 1.47 bits per heavy atom. The summed E-state index contributed by atoms with van der Waals surface area (Å²) in [6.45, 7) is 0. The van der Waals surface area contributed by atoms with E-state index in [2.05, 4.69) is 9.97 Å². The molecule has 0 amide bonds. The molecule has 0 aliphatic carbocycles. The van der Waals surface area contributed by atoms with Gasteiger partial charge in [0.05, 0.1) is 16.1 Å². The molecule has 94 valence electrons. The van der Waals surface area contributed by atoms with E-state index in [1.807, 2.05) is 24.3 Å². The fourth-order valence-electron chi connectivity index (χ4n) is 1.83. The zero-order valence-electron chi connectivity index (χ0n) is 9.57. The van der Waals surface area contributed by atoms with Crippen molar-refractivity contribution in [3.05, 3.63) is 57.7 Å². The Balaban J connectivity index is 2.27. The van der Waals surface area contributed by atoms with Crippen LogP contribution in [0, 0.1) is 0 Å². The van der Waals surface area contributed by atoms with Crippen LogP contribution in [0.5, 0.6) is 0 Å². The van der Waals surface area contributed by atoms with Gasteiger partial charge < -0.3 is 0 Å². The van der Waals surface area contributed by atoms with Gasteiger partial charge in [-0.05, 0) is 30.3 Å². The van der Waals surface area contributed by atoms with Gasteiger partial charge in [-0.25, -0.2) is 9.97 Å². The Morgan fingerprint density at radius 3 is 2.16 bits per heavy atom. The fourth-order valence-corrected chi connectivity index (χ4v) is 2.56. The average molecular weight is 310 g/mol. The summed E-state index contributed by atoms with van der Waals surface area (Å²) in [5.41, 5.74) is 2.80. The molecule has 0 fully saturated rings. The normalized spacial score (nSPS) is 10.9. The van der Waals surface area contributed by atoms with Gasteiger partial charge >= 0.3 is 0 Å². The minimum Gasteiger partial charge on any atom is -0.243 e. The monoisotopic (exact) mass is 308 g/mol. The first kappa shape index (κ1) is 12.7. The van der Waals surface area contributed by atoms with Crippen LogP contribution in [0.4, 0.5) is 0 Å². The van der Waals surface area contributed by atoms with Crippen LogP contribution >= 0.6 is 34.8 Å². The number of benzene rings is 2. The van der Waals surface area contributed by atoms with E-state index >= 15 is 0 Å². The van der Waals surface area contributed by atoms with Crippen LogP contribution in [0.25, 0.3) is 22.3 Å². The highest BCUT2D eigenvalue weighted by atomic mass is 35.5. The maximum Gasteiger partial charge on any atom is 0.156 e. The van der Waals surface area contributed by atoms with Crippen molar-refractivity contribution in [2.24, 2.45) is 0 Å². The van der Waals surface area contributed by atoms with Gasteiger partial charge in [-0.3, -0.25) is 0 Å². The number of nitrogens with zero attached hydrogens (tertiary/aromatic N) is 2. The summed E-state index contributed by atoms with van der Waals surface area (Å²) in [5, 5.41) is 1.39. The van der Waals surface area contributed by atoms with Crippen molar-refractivity contribution in [2.45, 2.75) is 0 Å². The lowest BCUT2D eigenvalue weighted by atomic mass is 10.1. The van der Waals surface area contributed by atoms with Gasteiger partial charge in [0, 0.05) is 10.6 Å². The molecule has 0 spiro atoms. The molecule has 0 unspecified atom stereocenters. The molecule has 0 aliphatic rings. The van der Waals surface area contributed by atoms with E-state index in [1.165, 1.54) is 0 Å². The first-order valence-electron chi connectivity index (χ1n) is 5.53. The Hall–Kier alpha value is -1.35. The molecule has 0 bridgehead atoms. The second-order valence-electron chi connectivity index (χ2n) is 3.98. The van der Waals surface area contributed by atoms with Crippen LogP contribution in [0.3, 0.4) is 0 Å². The zero-order chi connectivity index (χ0) is 13.4. The highest BCUT2D eigenvalue weighted by Crippen LogP contribution is 2.33. The smallest absolute Gasteiger partial charge is 0.156 e. The van der Waals surface area contributed by atoms with Crippen LogP contribution in [-0.4, -0.2) is 9.97 Å². The maximum atomic E-state index is 6.18. The maximum absolute atomic E-state index is 6.18. The second kappa shape index (κ2) is 4.97. The highest BCUT2D eigenvalue weighted by molar-refractivity contribution is 6.37. The number of para-hydroxylation sites is 2. The van der Waals surface area contributed by atoms with Gasteiger partial charge in [0.15, 0.2) is 5.15 Å². The van der Waals surface area contributed by atoms with Gasteiger partial charge in [0.25, 0.3) is 0 Å². The van der Waals surface area contributed by atoms with Crippen LogP contribution in [0.15, 0.2) is 42.5 Å². The zero-order valence-corrected chi connectivity index (χ0v) is 11.8. The summed E-state index contributed by atoms with van der Waals surface area (Å²) in [7, 11) is 0. The summed E-state index contributed by atoms with van der Waals surface area (Å²) in [5.74, 6) is 0. The van der Waals surface area contributed by atoms with Crippen molar-refractivity contribution in [3.8, 4) is 11.3 Å². The number of aromatic nitrogens is 2. The van der Waals surface area contributed by atoms with Crippen molar-refractivity contribution in [2.75, 3.05) is 0 Å². The Morgan fingerprint density at radius 1 is 0.789 bits per heavy atom. The lowest BCUT2D eigenvalue weighted by molar-refractivity contribution is 1.29. The minimum atomic E-state index is 0.322. The quantitative estimate of drug-likeness (QED) is 0.613. The topological polar surface area (TPSA) is 25.8 Å². The van der Waals surface area contributed by atoms with E-state index in [-0.39, 0.29) is 0 Å². The van der Waals surface area contributed by atoms with E-state index in [0.29, 0.717) is 26.5 Å². The molecule has 2 nitrogen and oxygen atoms in total. The first-order chi connectivity index (χ1) is 9.15. The summed E-state index contributed by atoms with van der Waals surface area (Å²) in [6, 6.07) is 12.7. The van der Waals surface area contributed by atoms with Gasteiger partial charge in [-0.15, -0.1) is 0 Å². The largest absolute Gasteiger partial charge is 0.243 e. The summed E-state index contributed by atoms with van der Waals surface area (Å²) in [6.07, 6.45) is 0. The minimum absolute atomic E-state index is 0.322. The van der Waals surface area contributed by atoms with Crippen LogP contribution in [0.1, 0.15) is 0 Å². The molecule has 19 heavy (non-hydrogen) atoms. The molecule has 0 atom stereocenters. The third-order valence-electron chi connectivity index (χ3n) is 2.71. The van der Waals surface area contributed by atoms with E-state index in [4.69, 9.17) is 34.8 Å². The predicted octanol–water partition coefficient (Wildman–Crippen LogP) is 5.26. The van der Waals surface area contributed by atoms with Crippen molar-refractivity contribution >= 4 is 45.8 Å². The van der Waals surface area contributed by atoms with E-state index in [1.54, 1.807) is 18.2 Å². The Bertz CT molecular complexity index is 772. The second-order valence-corrected chi connectivity index (χ2v) is 5.18. The molecule has 0 saturated heterocycles. The molecule has 0 radical (unpaired) electrons. The predicted molar refractivity (Wildman–Crippen MR) is 80.0 cm³/mol. The fraction of sp³-hybridized carbons (Fsp3) is 0. The lowest BCUT2D eigenvalue weighted by Crippen LogP contribution is -1.91. The number of halogens is 3. The van der Waals surface area contributed by atoms with Crippen molar-refractivity contribution < 1.29 is 0 Å². The van der Waals surface area contributed by atoms with Crippen molar-refractivity contribution in [1.29, 1.82) is 0 Å². The molecule has 1 aromatic heterocycles. The molecule has 0 N–H and O–H groups in total. The molecule has 0 aliphatic heterocycles. The highest BCUT2D eigenvalue weighted by Gasteiger charge is 2.12. The molecule has 5 heteroatoms. The Kier molecular flexibility index (Phi) is 3.31. The lowest BCUT2D eigenvalue weighted by Gasteiger charge is -2.07. The molecule has 2 aromatic carbocycles. The SMILES string of the molecule is Clc1ccc(-c2nc3ccccc3nc2Cl)c(Cl)c1. The van der Waals surface area contributed by atoms with Gasteiger partial charge in [0.2, 0.25) is 0 Å². The number of fused-ring (bicyclic) bond motifs is 1. The molecule has 3 rings (SSSR count). The third-order valence-corrected chi connectivity index (χ3v) is 3.53. The molecule has 3 aromatic rings. The van der Waals surface area contributed by atoms with Crippen molar-refractivity contribution in [1.82, 2.24) is 9.97 Å². The van der Waals surface area contributed by atoms with Gasteiger partial charge in [-0.2, -0.15) is 0 Å². The number of hydrogen-bond acceptors (Lipinski definition) is 2. The van der Waals surface area contributed by atoms with Crippen LogP contribution in [-0.2, 0) is 0 Å². The van der Waals surface area contributed by atoms with Crippen LogP contribution in [0.2, 0.25) is 15.2 Å². The standard InChI is InChI=1S/C14H7Cl3N2/c15-8-5-6-9(10(16)7-8)13-14(17)19-12-4-2-1-3-11(12)18-13/h1-7H. The first-order valence-corrected chi connectivity index (χ1v) is 6.66. The third kappa shape index (κ3) is 2.39. The van der Waals surface area contributed by atoms with Gasteiger partial charge in [0.1, 0.15) is 5.69 Å². The Labute approximate surface area is 125 Å². The molecular formula is C14H7Cl3N2. The van der Waals surface area contributed by atoms with Crippen LogP contribution < -0.4 is 0 Å². The summed E-state index contributed by atoms with van der Waals surface area (Å²) in [4.78, 5) is 8.84. The number of rotatable bonds is 1. The molecule has 0 saturated carbocycles. The van der Waals surface area contributed by atoms with E-state index < -0.39 is 0 Å². The molecule has 1 heterocycles. The van der Waals surface area contributed by atoms with E-state index in [0.717, 1.165) is 11.0 Å². The average Bonchev–Trinajstić information content (AvgIpc) is 2.38. The summed E-state index contributed by atoms with van der Waals surface area (Å²) < 4.78 is 0.